The fraction of sp³-hybridized carbons (Fsp3) is 0.818. The van der Waals surface area contributed by atoms with Gasteiger partial charge in [-0.3, -0.25) is 0 Å². The Bertz CT molecular complexity index is 415. The van der Waals surface area contributed by atoms with E-state index in [1.54, 1.807) is 6.92 Å². The van der Waals surface area contributed by atoms with E-state index in [-0.39, 0.29) is 14.8 Å². The molecule has 3 nitrogen and oxygen atoms in total. The van der Waals surface area contributed by atoms with E-state index in [0.717, 1.165) is 7.85 Å². The van der Waals surface area contributed by atoms with Crippen LogP contribution in [0.4, 0.5) is 0 Å². The van der Waals surface area contributed by atoms with Gasteiger partial charge in [0, 0.05) is 0 Å². The number of carbonyl (C=O) groups is 2. The predicted molar refractivity (Wildman–Crippen MR) is 59.9 cm³/mol. The van der Waals surface area contributed by atoms with Crippen LogP contribution in [0.15, 0.2) is 0 Å². The molecular formula is C11H11IO3. The summed E-state index contributed by atoms with van der Waals surface area (Å²) in [7, 11) is 1.52. The number of ether oxygens (including phenoxy) is 1. The van der Waals surface area contributed by atoms with E-state index in [1.165, 1.54) is 7.11 Å². The van der Waals surface area contributed by atoms with E-state index < -0.39 is 19.8 Å². The van der Waals surface area contributed by atoms with Gasteiger partial charge < -0.3 is 0 Å². The molecule has 3 aliphatic heterocycles. The molecule has 3 saturated carbocycles. The summed E-state index contributed by atoms with van der Waals surface area (Å²) in [6.45, 7) is 1.77. The molecule has 80 valence electrons. The number of alkyl halides is 3. The average Bonchev–Trinajstić information content (AvgIpc) is 2.27. The van der Waals surface area contributed by atoms with Gasteiger partial charge in [-0.05, 0) is 0 Å². The van der Waals surface area contributed by atoms with E-state index >= 15 is 0 Å². The zero-order chi connectivity index (χ0) is 10.3. The van der Waals surface area contributed by atoms with Crippen LogP contribution in [0.1, 0.15) is 6.92 Å². The Morgan fingerprint density at radius 3 is 2.13 bits per heavy atom. The molecule has 6 aliphatic rings. The van der Waals surface area contributed by atoms with Gasteiger partial charge in [0.2, 0.25) is 0 Å². The molecule has 0 bridgehead atoms. The van der Waals surface area contributed by atoms with Gasteiger partial charge >= 0.3 is 94.4 Å². The van der Waals surface area contributed by atoms with Gasteiger partial charge in [0.1, 0.15) is 0 Å². The minimum atomic E-state index is -1.07. The molecule has 0 radical (unpaired) electrons. The Kier molecular flexibility index (Phi) is 0.905. The molecule has 4 atom stereocenters. The van der Waals surface area contributed by atoms with Gasteiger partial charge in [-0.2, -0.15) is 0 Å². The predicted octanol–water partition coefficient (Wildman–Crippen LogP) is 0.634. The van der Waals surface area contributed by atoms with Crippen LogP contribution in [0, 0.1) is 23.2 Å². The molecular weight excluding hydrogens is 307 g/mol. The summed E-state index contributed by atoms with van der Waals surface area (Å²) in [6, 6.07) is 0. The number of esters is 1. The van der Waals surface area contributed by atoms with Gasteiger partial charge in [0.05, 0.1) is 0 Å². The van der Waals surface area contributed by atoms with Crippen LogP contribution in [0.25, 0.3) is 0 Å². The van der Waals surface area contributed by atoms with Gasteiger partial charge in [0.15, 0.2) is 0 Å². The molecule has 3 heterocycles. The Labute approximate surface area is 94.3 Å². The summed E-state index contributed by atoms with van der Waals surface area (Å²) in [4.78, 5) is 23.5. The Morgan fingerprint density at radius 2 is 1.80 bits per heavy atom. The van der Waals surface area contributed by atoms with E-state index in [2.05, 4.69) is 0 Å². The van der Waals surface area contributed by atoms with Crippen molar-refractivity contribution in [1.29, 1.82) is 0 Å². The van der Waals surface area contributed by atoms with Gasteiger partial charge in [-0.25, -0.2) is 0 Å². The zero-order valence-corrected chi connectivity index (χ0v) is 10.6. The van der Waals surface area contributed by atoms with Crippen LogP contribution >= 0.6 is 19.8 Å². The Morgan fingerprint density at radius 1 is 1.20 bits per heavy atom. The van der Waals surface area contributed by atoms with Gasteiger partial charge in [-0.1, -0.05) is 0 Å². The SMILES string of the molecule is COC(=O)C12C3C4C1C1I2C3C41C(C)=O. The van der Waals surface area contributed by atoms with E-state index in [4.69, 9.17) is 4.74 Å². The van der Waals surface area contributed by atoms with Crippen LogP contribution < -0.4 is 0 Å². The first kappa shape index (κ1) is 8.03. The van der Waals surface area contributed by atoms with Crippen LogP contribution in [0.5, 0.6) is 0 Å². The van der Waals surface area contributed by atoms with Gasteiger partial charge in [-0.15, -0.1) is 0 Å². The minimum absolute atomic E-state index is 0.0792. The normalized spacial score (nSPS) is 70.0. The average molecular weight is 318 g/mol. The van der Waals surface area contributed by atoms with Crippen LogP contribution in [0.3, 0.4) is 0 Å². The van der Waals surface area contributed by atoms with Crippen molar-refractivity contribution < 1.29 is 14.3 Å². The second kappa shape index (κ2) is 1.69. The number of rotatable bonds is 2. The topological polar surface area (TPSA) is 43.4 Å². The molecule has 0 N–H and O–H groups in total. The molecule has 6 rings (SSSR count). The quantitative estimate of drug-likeness (QED) is 0.426. The first-order chi connectivity index (χ1) is 7.16. The van der Waals surface area contributed by atoms with Crippen molar-refractivity contribution in [2.24, 2.45) is 23.2 Å². The summed E-state index contributed by atoms with van der Waals surface area (Å²) in [5.41, 5.74) is 0.149. The molecule has 15 heavy (non-hydrogen) atoms. The van der Waals surface area contributed by atoms with E-state index in [0.29, 0.717) is 23.5 Å². The van der Waals surface area contributed by atoms with E-state index in [1.807, 2.05) is 0 Å². The summed E-state index contributed by atoms with van der Waals surface area (Å²) in [6.07, 6.45) is 0. The van der Waals surface area contributed by atoms with Crippen molar-refractivity contribution in [2.45, 2.75) is 18.2 Å². The molecule has 0 spiro atoms. The van der Waals surface area contributed by atoms with Crippen molar-refractivity contribution in [1.82, 2.24) is 0 Å². The molecule has 4 heteroatoms. The van der Waals surface area contributed by atoms with Gasteiger partial charge in [0.25, 0.3) is 0 Å². The molecule has 6 fully saturated rings. The number of hydrogen-bond acceptors (Lipinski definition) is 3. The zero-order valence-electron chi connectivity index (χ0n) is 8.49. The fourth-order valence-electron chi connectivity index (χ4n) is 5.56. The monoisotopic (exact) mass is 318 g/mol. The first-order valence-electron chi connectivity index (χ1n) is 5.42. The summed E-state index contributed by atoms with van der Waals surface area (Å²) in [5, 5.41) is 0. The third-order valence-electron chi connectivity index (χ3n) is 5.81. The third-order valence-corrected chi connectivity index (χ3v) is 16.3. The van der Waals surface area contributed by atoms with E-state index in [9.17, 15) is 9.59 Å². The maximum atomic E-state index is 11.8. The van der Waals surface area contributed by atoms with Crippen LogP contribution in [-0.2, 0) is 14.3 Å². The molecule has 0 aromatic rings. The third kappa shape index (κ3) is 0.358. The van der Waals surface area contributed by atoms with Crippen molar-refractivity contribution in [2.75, 3.05) is 7.11 Å². The second-order valence-electron chi connectivity index (χ2n) is 5.47. The molecule has 0 amide bonds. The number of hydrogen-bond donors (Lipinski definition) is 0. The Balaban J connectivity index is 1.59. The summed E-state index contributed by atoms with van der Waals surface area (Å²) in [5.74, 6) is 2.35. The Hall–Kier alpha value is -0.130. The van der Waals surface area contributed by atoms with Crippen LogP contribution in [-0.4, -0.2) is 30.1 Å². The number of ketones is 1. The number of carbonyl (C=O) groups excluding carboxylic acids is 2. The molecule has 3 saturated heterocycles. The molecule has 0 aromatic heterocycles. The molecule has 3 aliphatic carbocycles. The maximum absolute atomic E-state index is 11.8. The molecule has 0 aromatic carbocycles. The second-order valence-corrected chi connectivity index (χ2v) is 11.9. The fourth-order valence-corrected chi connectivity index (χ4v) is 19.1. The standard InChI is InChI=1S/C11H11IO3/c1-3(13)10-4-5-7(10)12-8(10)6(4)11(5,12)9(14)15-2/h4-8H,1-2H3. The van der Waals surface area contributed by atoms with Crippen molar-refractivity contribution >= 4 is 31.6 Å². The number of halogens is 1. The molecule has 4 unspecified atom stereocenters. The van der Waals surface area contributed by atoms with Crippen molar-refractivity contribution in [3.8, 4) is 0 Å². The number of Topliss-reactive ketones (excluding diaryl/α,β-unsaturated/α-hetero) is 1. The summed E-state index contributed by atoms with van der Waals surface area (Å²) < 4.78 is 6.52. The van der Waals surface area contributed by atoms with Crippen LogP contribution in [0.2, 0.25) is 0 Å². The number of methoxy groups -OCH3 is 1. The summed E-state index contributed by atoms with van der Waals surface area (Å²) >= 11 is -1.07. The van der Waals surface area contributed by atoms with Crippen molar-refractivity contribution in [3.63, 3.8) is 0 Å². The first-order valence-corrected chi connectivity index (χ1v) is 8.99. The van der Waals surface area contributed by atoms with Crippen molar-refractivity contribution in [3.05, 3.63) is 0 Å².